The summed E-state index contributed by atoms with van der Waals surface area (Å²) < 4.78 is 0.498. The number of aliphatic imine (C=N–C) groups is 1. The largest absolute Gasteiger partial charge is 0.274 e. The zero-order chi connectivity index (χ0) is 4.41. The summed E-state index contributed by atoms with van der Waals surface area (Å²) >= 11 is 4.94. The molecule has 0 N–H and O–H groups in total. The minimum Gasteiger partial charge on any atom is -0.274 e. The topological polar surface area (TPSA) is 12.4 Å². The molecule has 0 bridgehead atoms. The van der Waals surface area contributed by atoms with E-state index in [4.69, 9.17) is 0 Å². The normalized spacial score (nSPS) is 31.8. The standard InChI is InChI=1S/C3H3BrNS/c4-3-1-5-2-6-3/h3H,1H2. The smallest absolute Gasteiger partial charge is 0.124 e. The summed E-state index contributed by atoms with van der Waals surface area (Å²) in [7, 11) is 0. The second-order valence-electron chi connectivity index (χ2n) is 0.960. The predicted octanol–water partition coefficient (Wildman–Crippen LogP) is 1.36. The van der Waals surface area contributed by atoms with Gasteiger partial charge in [-0.3, -0.25) is 4.99 Å². The zero-order valence-electron chi connectivity index (χ0n) is 3.02. The first-order chi connectivity index (χ1) is 2.89. The maximum atomic E-state index is 3.83. The highest BCUT2D eigenvalue weighted by molar-refractivity contribution is 9.11. The molecule has 0 fully saturated rings. The highest BCUT2D eigenvalue weighted by Gasteiger charge is 2.05. The molecule has 3 heteroatoms. The Bertz CT molecular complexity index is 65.2. The fourth-order valence-electron chi connectivity index (χ4n) is 0.241. The number of halogens is 1. The molecule has 1 unspecified atom stereocenters. The Morgan fingerprint density at radius 1 is 2.00 bits per heavy atom. The number of nitrogens with zero attached hydrogens (tertiary/aromatic N) is 1. The van der Waals surface area contributed by atoms with E-state index < -0.39 is 0 Å². The third kappa shape index (κ3) is 0.980. The number of rotatable bonds is 0. The quantitative estimate of drug-likeness (QED) is 0.493. The minimum absolute atomic E-state index is 0.498. The highest BCUT2D eigenvalue weighted by Crippen LogP contribution is 2.19. The van der Waals surface area contributed by atoms with Gasteiger partial charge in [0.2, 0.25) is 0 Å². The van der Waals surface area contributed by atoms with Crippen molar-refractivity contribution in [3.63, 3.8) is 0 Å². The van der Waals surface area contributed by atoms with E-state index in [1.807, 2.05) is 0 Å². The van der Waals surface area contributed by atoms with Gasteiger partial charge < -0.3 is 0 Å². The minimum atomic E-state index is 0.498. The molecule has 0 aromatic carbocycles. The molecule has 1 heterocycles. The molecule has 0 aromatic heterocycles. The Morgan fingerprint density at radius 2 is 2.83 bits per heavy atom. The van der Waals surface area contributed by atoms with Crippen molar-refractivity contribution in [3.8, 4) is 0 Å². The van der Waals surface area contributed by atoms with Gasteiger partial charge in [0.25, 0.3) is 0 Å². The Balaban J connectivity index is 2.32. The number of hydrogen-bond donors (Lipinski definition) is 0. The molecule has 1 rings (SSSR count). The molecule has 1 aliphatic heterocycles. The second kappa shape index (κ2) is 1.98. The third-order valence-electron chi connectivity index (χ3n) is 0.480. The molecule has 1 aliphatic rings. The van der Waals surface area contributed by atoms with Crippen molar-refractivity contribution in [2.75, 3.05) is 6.54 Å². The lowest BCUT2D eigenvalue weighted by atomic mass is 10.8. The van der Waals surface area contributed by atoms with E-state index >= 15 is 0 Å². The second-order valence-corrected chi connectivity index (χ2v) is 3.66. The lowest BCUT2D eigenvalue weighted by Crippen LogP contribution is -1.85. The van der Waals surface area contributed by atoms with E-state index in [0.29, 0.717) is 4.16 Å². The fraction of sp³-hybridized carbons (Fsp3) is 0.667. The first-order valence-electron chi connectivity index (χ1n) is 1.61. The molecule has 0 spiro atoms. The van der Waals surface area contributed by atoms with Crippen molar-refractivity contribution < 1.29 is 0 Å². The monoisotopic (exact) mass is 164 g/mol. The Hall–Kier alpha value is 0.500. The van der Waals surface area contributed by atoms with Crippen molar-refractivity contribution in [2.45, 2.75) is 4.16 Å². The van der Waals surface area contributed by atoms with Gasteiger partial charge in [0, 0.05) is 0 Å². The molecule has 1 nitrogen and oxygen atoms in total. The van der Waals surface area contributed by atoms with Gasteiger partial charge in [-0.1, -0.05) is 27.7 Å². The van der Waals surface area contributed by atoms with Crippen LogP contribution in [0.5, 0.6) is 0 Å². The highest BCUT2D eigenvalue weighted by atomic mass is 79.9. The third-order valence-corrected chi connectivity index (χ3v) is 1.97. The Labute approximate surface area is 49.3 Å². The van der Waals surface area contributed by atoms with E-state index in [1.165, 1.54) is 0 Å². The maximum absolute atomic E-state index is 3.83. The summed E-state index contributed by atoms with van der Waals surface area (Å²) in [4.78, 5) is 3.83. The Morgan fingerprint density at radius 3 is 3.00 bits per heavy atom. The van der Waals surface area contributed by atoms with Gasteiger partial charge in [-0.15, -0.1) is 0 Å². The van der Waals surface area contributed by atoms with Crippen LogP contribution in [-0.2, 0) is 0 Å². The summed E-state index contributed by atoms with van der Waals surface area (Å²) in [5.41, 5.74) is 2.77. The maximum Gasteiger partial charge on any atom is 0.124 e. The molecule has 0 saturated heterocycles. The van der Waals surface area contributed by atoms with Crippen molar-refractivity contribution in [1.29, 1.82) is 0 Å². The van der Waals surface area contributed by atoms with Gasteiger partial charge in [-0.25, -0.2) is 0 Å². The molecule has 0 aliphatic carbocycles. The molecule has 0 amide bonds. The van der Waals surface area contributed by atoms with Gasteiger partial charge in [-0.05, 0) is 0 Å². The molecular weight excluding hydrogens is 162 g/mol. The molecular formula is C3H3BrNS. The van der Waals surface area contributed by atoms with E-state index in [2.05, 4.69) is 26.5 Å². The van der Waals surface area contributed by atoms with Gasteiger partial charge in [0.05, 0.1) is 10.7 Å². The first-order valence-corrected chi connectivity index (χ1v) is 3.40. The van der Waals surface area contributed by atoms with Crippen LogP contribution in [0.15, 0.2) is 4.99 Å². The summed E-state index contributed by atoms with van der Waals surface area (Å²) in [6.07, 6.45) is 0. The van der Waals surface area contributed by atoms with Crippen LogP contribution in [0.3, 0.4) is 0 Å². The van der Waals surface area contributed by atoms with Crippen LogP contribution in [0.25, 0.3) is 0 Å². The lowest BCUT2D eigenvalue weighted by molar-refractivity contribution is 1.15. The average molecular weight is 165 g/mol. The SMILES string of the molecule is BrC1CN=[C]S1. The van der Waals surface area contributed by atoms with Crippen molar-refractivity contribution in [2.24, 2.45) is 4.99 Å². The van der Waals surface area contributed by atoms with Gasteiger partial charge in [-0.2, -0.15) is 0 Å². The number of hydrogen-bond acceptors (Lipinski definition) is 2. The molecule has 0 saturated carbocycles. The summed E-state index contributed by atoms with van der Waals surface area (Å²) in [5, 5.41) is 0. The molecule has 33 valence electrons. The van der Waals surface area contributed by atoms with Crippen LogP contribution in [0.4, 0.5) is 0 Å². The van der Waals surface area contributed by atoms with E-state index in [-0.39, 0.29) is 0 Å². The summed E-state index contributed by atoms with van der Waals surface area (Å²) in [6, 6.07) is 0. The van der Waals surface area contributed by atoms with Crippen LogP contribution in [0, 0.1) is 0 Å². The van der Waals surface area contributed by atoms with Gasteiger partial charge >= 0.3 is 0 Å². The van der Waals surface area contributed by atoms with E-state index in [9.17, 15) is 0 Å². The van der Waals surface area contributed by atoms with E-state index in [0.717, 1.165) is 6.54 Å². The Kier molecular flexibility index (Phi) is 1.54. The molecule has 0 aromatic rings. The molecule has 1 radical (unpaired) electrons. The number of thioether (sulfide) groups is 1. The van der Waals surface area contributed by atoms with Crippen LogP contribution in [-0.4, -0.2) is 16.3 Å². The molecule has 1 atom stereocenters. The van der Waals surface area contributed by atoms with Gasteiger partial charge in [0.15, 0.2) is 0 Å². The fourth-order valence-corrected chi connectivity index (χ4v) is 1.05. The van der Waals surface area contributed by atoms with Crippen molar-refractivity contribution in [1.82, 2.24) is 0 Å². The average Bonchev–Trinajstić information content (AvgIpc) is 1.86. The predicted molar refractivity (Wildman–Crippen MR) is 32.6 cm³/mol. The summed E-state index contributed by atoms with van der Waals surface area (Å²) in [5.74, 6) is 0. The van der Waals surface area contributed by atoms with Gasteiger partial charge in [0.1, 0.15) is 5.55 Å². The van der Waals surface area contributed by atoms with E-state index in [1.54, 1.807) is 11.8 Å². The zero-order valence-corrected chi connectivity index (χ0v) is 5.42. The van der Waals surface area contributed by atoms with Crippen molar-refractivity contribution >= 4 is 33.2 Å². The number of alkyl halides is 1. The lowest BCUT2D eigenvalue weighted by Gasteiger charge is -1.86. The van der Waals surface area contributed by atoms with Crippen LogP contribution in [0.2, 0.25) is 0 Å². The van der Waals surface area contributed by atoms with Crippen molar-refractivity contribution in [3.05, 3.63) is 0 Å². The summed E-state index contributed by atoms with van der Waals surface area (Å²) in [6.45, 7) is 0.880. The molecule has 6 heavy (non-hydrogen) atoms. The van der Waals surface area contributed by atoms with Crippen LogP contribution in [0.1, 0.15) is 0 Å². The van der Waals surface area contributed by atoms with Crippen LogP contribution >= 0.6 is 27.7 Å². The van der Waals surface area contributed by atoms with Crippen LogP contribution < -0.4 is 0 Å². The first kappa shape index (κ1) is 4.65.